The van der Waals surface area contributed by atoms with Crippen LogP contribution in [0.1, 0.15) is 42.9 Å². The molecule has 0 aliphatic rings. The summed E-state index contributed by atoms with van der Waals surface area (Å²) in [6, 6.07) is 6.37. The third kappa shape index (κ3) is 5.47. The van der Waals surface area contributed by atoms with E-state index in [1.807, 2.05) is 32.0 Å². The lowest BCUT2D eigenvalue weighted by atomic mass is 10.1. The van der Waals surface area contributed by atoms with Crippen LogP contribution in [0.25, 0.3) is 0 Å². The molecule has 8 heteroatoms. The zero-order chi connectivity index (χ0) is 19.8. The Morgan fingerprint density at radius 1 is 1.19 bits per heavy atom. The summed E-state index contributed by atoms with van der Waals surface area (Å²) in [4.78, 5) is 23.1. The largest absolute Gasteiger partial charge is 0.490 e. The average Bonchev–Trinajstić information content (AvgIpc) is 3.13. The molecular weight excluding hydrogens is 350 g/mol. The number of aromatic nitrogens is 2. The van der Waals surface area contributed by atoms with Gasteiger partial charge in [0.05, 0.1) is 13.2 Å². The zero-order valence-corrected chi connectivity index (χ0v) is 15.8. The van der Waals surface area contributed by atoms with Crippen molar-refractivity contribution in [2.45, 2.75) is 33.2 Å². The van der Waals surface area contributed by atoms with Crippen LogP contribution in [0.15, 0.2) is 30.5 Å². The summed E-state index contributed by atoms with van der Waals surface area (Å²) in [7, 11) is 0. The number of nitrogens with one attached hydrogen (secondary N) is 1. The minimum Gasteiger partial charge on any atom is -0.490 e. The quantitative estimate of drug-likeness (QED) is 0.661. The number of hydrogen-bond acceptors (Lipinski definition) is 5. The summed E-state index contributed by atoms with van der Waals surface area (Å²) in [6.45, 7) is 6.84. The number of ether oxygens (including phenoxy) is 2. The SMILES string of the molecule is CCOc1ccc(CCNC(=O)c2ccn(C(C)C(=O)O)n2)cc1OCC. The number of carbonyl (C=O) groups excluding carboxylic acids is 1. The maximum Gasteiger partial charge on any atom is 0.328 e. The minimum absolute atomic E-state index is 0.185. The number of carbonyl (C=O) groups is 2. The molecule has 0 bridgehead atoms. The first-order valence-corrected chi connectivity index (χ1v) is 8.90. The van der Waals surface area contributed by atoms with Crippen LogP contribution in [0, 0.1) is 0 Å². The number of aliphatic carboxylic acids is 1. The van der Waals surface area contributed by atoms with Crippen molar-refractivity contribution in [1.29, 1.82) is 0 Å². The highest BCUT2D eigenvalue weighted by Gasteiger charge is 2.16. The Morgan fingerprint density at radius 2 is 1.89 bits per heavy atom. The van der Waals surface area contributed by atoms with Gasteiger partial charge >= 0.3 is 5.97 Å². The van der Waals surface area contributed by atoms with Crippen LogP contribution in [-0.4, -0.2) is 46.5 Å². The first-order chi connectivity index (χ1) is 13.0. The van der Waals surface area contributed by atoms with Crippen LogP contribution in [0.2, 0.25) is 0 Å². The predicted octanol–water partition coefficient (Wildman–Crippen LogP) is 2.30. The zero-order valence-electron chi connectivity index (χ0n) is 15.8. The Kier molecular flexibility index (Phi) is 7.22. The van der Waals surface area contributed by atoms with Crippen molar-refractivity contribution in [3.63, 3.8) is 0 Å². The lowest BCUT2D eigenvalue weighted by molar-refractivity contribution is -0.140. The fourth-order valence-corrected chi connectivity index (χ4v) is 2.45. The summed E-state index contributed by atoms with van der Waals surface area (Å²) >= 11 is 0. The van der Waals surface area contributed by atoms with Gasteiger partial charge in [0.1, 0.15) is 11.7 Å². The van der Waals surface area contributed by atoms with Gasteiger partial charge in [0, 0.05) is 12.7 Å². The molecule has 0 aliphatic heterocycles. The molecule has 0 fully saturated rings. The van der Waals surface area contributed by atoms with E-state index in [0.29, 0.717) is 37.7 Å². The van der Waals surface area contributed by atoms with Crippen LogP contribution in [0.3, 0.4) is 0 Å². The fraction of sp³-hybridized carbons (Fsp3) is 0.421. The molecule has 1 unspecified atom stereocenters. The van der Waals surface area contributed by atoms with Crippen LogP contribution in [0.5, 0.6) is 11.5 Å². The van der Waals surface area contributed by atoms with Gasteiger partial charge in [-0.25, -0.2) is 4.79 Å². The van der Waals surface area contributed by atoms with Gasteiger partial charge in [-0.3, -0.25) is 9.48 Å². The van der Waals surface area contributed by atoms with E-state index in [0.717, 1.165) is 5.56 Å². The number of carboxylic acid groups (broad SMARTS) is 1. The molecule has 1 atom stereocenters. The van der Waals surface area contributed by atoms with Crippen LogP contribution in [0.4, 0.5) is 0 Å². The normalized spacial score (nSPS) is 11.7. The van der Waals surface area contributed by atoms with E-state index in [2.05, 4.69) is 10.4 Å². The van der Waals surface area contributed by atoms with Crippen molar-refractivity contribution < 1.29 is 24.2 Å². The van der Waals surface area contributed by atoms with Crippen molar-refractivity contribution in [2.24, 2.45) is 0 Å². The molecule has 2 rings (SSSR count). The Labute approximate surface area is 158 Å². The smallest absolute Gasteiger partial charge is 0.328 e. The Morgan fingerprint density at radius 3 is 2.56 bits per heavy atom. The lowest BCUT2D eigenvalue weighted by Gasteiger charge is -2.12. The highest BCUT2D eigenvalue weighted by Crippen LogP contribution is 2.28. The van der Waals surface area contributed by atoms with Crippen molar-refractivity contribution in [3.8, 4) is 11.5 Å². The first-order valence-electron chi connectivity index (χ1n) is 8.90. The number of nitrogens with zero attached hydrogens (tertiary/aromatic N) is 2. The van der Waals surface area contributed by atoms with Gasteiger partial charge in [0.25, 0.3) is 5.91 Å². The second-order valence-electron chi connectivity index (χ2n) is 5.85. The van der Waals surface area contributed by atoms with E-state index in [-0.39, 0.29) is 11.6 Å². The van der Waals surface area contributed by atoms with Gasteiger partial charge in [-0.2, -0.15) is 5.10 Å². The number of hydrogen-bond donors (Lipinski definition) is 2. The molecule has 2 aromatic rings. The van der Waals surface area contributed by atoms with Gasteiger partial charge in [0.2, 0.25) is 0 Å². The molecule has 1 aromatic carbocycles. The topological polar surface area (TPSA) is 103 Å². The molecule has 1 amide bonds. The fourth-order valence-electron chi connectivity index (χ4n) is 2.45. The van der Waals surface area contributed by atoms with Gasteiger partial charge in [-0.05, 0) is 51.0 Å². The third-order valence-electron chi connectivity index (χ3n) is 3.90. The van der Waals surface area contributed by atoms with E-state index < -0.39 is 12.0 Å². The second-order valence-corrected chi connectivity index (χ2v) is 5.85. The van der Waals surface area contributed by atoms with Crippen LogP contribution in [-0.2, 0) is 11.2 Å². The van der Waals surface area contributed by atoms with E-state index in [1.165, 1.54) is 23.9 Å². The molecule has 27 heavy (non-hydrogen) atoms. The Balaban J connectivity index is 1.93. The van der Waals surface area contributed by atoms with Gasteiger partial charge in [0.15, 0.2) is 11.5 Å². The summed E-state index contributed by atoms with van der Waals surface area (Å²) in [5.74, 6) is 0.0303. The number of benzene rings is 1. The lowest BCUT2D eigenvalue weighted by Crippen LogP contribution is -2.26. The Hall–Kier alpha value is -3.03. The van der Waals surface area contributed by atoms with Gasteiger partial charge < -0.3 is 19.9 Å². The van der Waals surface area contributed by atoms with E-state index in [9.17, 15) is 9.59 Å². The molecule has 2 N–H and O–H groups in total. The second kappa shape index (κ2) is 9.61. The van der Waals surface area contributed by atoms with Gasteiger partial charge in [-0.1, -0.05) is 6.07 Å². The third-order valence-corrected chi connectivity index (χ3v) is 3.90. The van der Waals surface area contributed by atoms with E-state index in [1.54, 1.807) is 0 Å². The summed E-state index contributed by atoms with van der Waals surface area (Å²) in [6.07, 6.45) is 2.10. The summed E-state index contributed by atoms with van der Waals surface area (Å²) in [5.41, 5.74) is 1.19. The maximum atomic E-state index is 12.2. The number of amides is 1. The van der Waals surface area contributed by atoms with Crippen molar-refractivity contribution in [1.82, 2.24) is 15.1 Å². The minimum atomic E-state index is -1.01. The monoisotopic (exact) mass is 375 g/mol. The van der Waals surface area contributed by atoms with Crippen molar-refractivity contribution >= 4 is 11.9 Å². The molecular formula is C19H25N3O5. The van der Waals surface area contributed by atoms with Crippen molar-refractivity contribution in [3.05, 3.63) is 41.7 Å². The number of rotatable bonds is 10. The molecule has 0 aliphatic carbocycles. The maximum absolute atomic E-state index is 12.2. The molecule has 0 spiro atoms. The van der Waals surface area contributed by atoms with Gasteiger partial charge in [-0.15, -0.1) is 0 Å². The molecule has 8 nitrogen and oxygen atoms in total. The van der Waals surface area contributed by atoms with Crippen LogP contribution >= 0.6 is 0 Å². The first kappa shape index (κ1) is 20.3. The molecule has 0 saturated heterocycles. The van der Waals surface area contributed by atoms with Crippen LogP contribution < -0.4 is 14.8 Å². The highest BCUT2D eigenvalue weighted by atomic mass is 16.5. The highest BCUT2D eigenvalue weighted by molar-refractivity contribution is 5.92. The predicted molar refractivity (Wildman–Crippen MR) is 99.4 cm³/mol. The van der Waals surface area contributed by atoms with E-state index in [4.69, 9.17) is 14.6 Å². The molecule has 0 radical (unpaired) electrons. The molecule has 1 aromatic heterocycles. The standard InChI is InChI=1S/C19H25N3O5/c1-4-26-16-7-6-14(12-17(16)27-5-2)8-10-20-18(23)15-9-11-22(21-15)13(3)19(24)25/h6-7,9,11-13H,4-5,8,10H2,1-3H3,(H,20,23)(H,24,25). The molecule has 146 valence electrons. The summed E-state index contributed by atoms with van der Waals surface area (Å²) < 4.78 is 12.4. The molecule has 1 heterocycles. The van der Waals surface area contributed by atoms with E-state index >= 15 is 0 Å². The number of carboxylic acids is 1. The average molecular weight is 375 g/mol. The molecule has 0 saturated carbocycles. The Bertz CT molecular complexity index is 787. The van der Waals surface area contributed by atoms with Crippen molar-refractivity contribution in [2.75, 3.05) is 19.8 Å². The summed E-state index contributed by atoms with van der Waals surface area (Å²) in [5, 5.41) is 15.8.